The molecular weight excluding hydrogens is 393 g/mol. The van der Waals surface area contributed by atoms with Gasteiger partial charge in [-0.1, -0.05) is 6.58 Å². The van der Waals surface area contributed by atoms with Crippen molar-refractivity contribution in [3.63, 3.8) is 0 Å². The summed E-state index contributed by atoms with van der Waals surface area (Å²) in [6, 6.07) is 14.8. The van der Waals surface area contributed by atoms with Gasteiger partial charge in [-0.05, 0) is 48.0 Å². The lowest BCUT2D eigenvalue weighted by Crippen LogP contribution is -2.17. The van der Waals surface area contributed by atoms with Gasteiger partial charge in [0.15, 0.2) is 11.5 Å². The molecule has 0 saturated carbocycles. The van der Waals surface area contributed by atoms with Crippen LogP contribution in [0.2, 0.25) is 0 Å². The van der Waals surface area contributed by atoms with Gasteiger partial charge in [0.05, 0.1) is 12.8 Å². The standard InChI is InChI=1S/C22H20FNO4S/c1-15(25)13-28-20-8-5-18(12-21(20)27-2)24-10-9-16(11-22(24)26)14-29-19-6-3-17(23)4-7-19/h3-12,25H,1,13-14H2,2H3. The van der Waals surface area contributed by atoms with Gasteiger partial charge in [-0.3, -0.25) is 9.36 Å². The largest absolute Gasteiger partial charge is 0.509 e. The molecule has 0 aliphatic heterocycles. The molecule has 5 nitrogen and oxygen atoms in total. The number of halogens is 1. The van der Waals surface area contributed by atoms with Crippen LogP contribution in [0, 0.1) is 5.82 Å². The highest BCUT2D eigenvalue weighted by Crippen LogP contribution is 2.29. The highest BCUT2D eigenvalue weighted by atomic mass is 32.2. The van der Waals surface area contributed by atoms with Gasteiger partial charge in [0, 0.05) is 29.0 Å². The van der Waals surface area contributed by atoms with Crippen molar-refractivity contribution >= 4 is 11.8 Å². The maximum Gasteiger partial charge on any atom is 0.255 e. The fraction of sp³-hybridized carbons (Fsp3) is 0.136. The van der Waals surface area contributed by atoms with E-state index in [0.717, 1.165) is 10.5 Å². The molecule has 0 unspecified atom stereocenters. The number of benzene rings is 2. The van der Waals surface area contributed by atoms with Gasteiger partial charge in [0.25, 0.3) is 5.56 Å². The molecule has 0 amide bonds. The third-order valence-corrected chi connectivity index (χ3v) is 5.11. The van der Waals surface area contributed by atoms with E-state index in [1.54, 1.807) is 42.6 Å². The first-order chi connectivity index (χ1) is 14.0. The monoisotopic (exact) mass is 413 g/mol. The summed E-state index contributed by atoms with van der Waals surface area (Å²) in [7, 11) is 1.50. The number of aliphatic hydroxyl groups excluding tert-OH is 1. The van der Waals surface area contributed by atoms with Crippen LogP contribution in [0.5, 0.6) is 11.5 Å². The summed E-state index contributed by atoms with van der Waals surface area (Å²) in [6.07, 6.45) is 1.70. The number of aromatic nitrogens is 1. The molecule has 29 heavy (non-hydrogen) atoms. The molecule has 3 rings (SSSR count). The average molecular weight is 413 g/mol. The zero-order valence-corrected chi connectivity index (χ0v) is 16.6. The molecule has 7 heteroatoms. The topological polar surface area (TPSA) is 60.7 Å². The Bertz CT molecular complexity index is 1060. The van der Waals surface area contributed by atoms with Crippen LogP contribution in [0.25, 0.3) is 5.69 Å². The second-order valence-electron chi connectivity index (χ2n) is 6.18. The molecule has 0 aliphatic carbocycles. The summed E-state index contributed by atoms with van der Waals surface area (Å²) < 4.78 is 25.2. The average Bonchev–Trinajstić information content (AvgIpc) is 2.72. The van der Waals surface area contributed by atoms with E-state index in [2.05, 4.69) is 6.58 Å². The van der Waals surface area contributed by atoms with Crippen LogP contribution in [-0.2, 0) is 5.75 Å². The van der Waals surface area contributed by atoms with Crippen molar-refractivity contribution in [2.45, 2.75) is 10.6 Å². The molecule has 0 radical (unpaired) electrons. The van der Waals surface area contributed by atoms with Crippen LogP contribution in [0.4, 0.5) is 4.39 Å². The van der Waals surface area contributed by atoms with Gasteiger partial charge in [0.1, 0.15) is 18.2 Å². The Kier molecular flexibility index (Phi) is 6.61. The van der Waals surface area contributed by atoms with Crippen LogP contribution in [0.3, 0.4) is 0 Å². The smallest absolute Gasteiger partial charge is 0.255 e. The highest BCUT2D eigenvalue weighted by Gasteiger charge is 2.09. The number of rotatable bonds is 8. The lowest BCUT2D eigenvalue weighted by atomic mass is 10.2. The molecule has 3 aromatic rings. The van der Waals surface area contributed by atoms with Crippen LogP contribution >= 0.6 is 11.8 Å². The minimum absolute atomic E-state index is 0.0456. The maximum atomic E-state index is 13.0. The number of nitrogens with zero attached hydrogens (tertiary/aromatic N) is 1. The number of methoxy groups -OCH3 is 1. The van der Waals surface area contributed by atoms with Gasteiger partial charge in [0.2, 0.25) is 0 Å². The van der Waals surface area contributed by atoms with Gasteiger partial charge < -0.3 is 14.6 Å². The first-order valence-corrected chi connectivity index (χ1v) is 9.73. The van der Waals surface area contributed by atoms with E-state index in [9.17, 15) is 14.3 Å². The van der Waals surface area contributed by atoms with Gasteiger partial charge in [-0.2, -0.15) is 0 Å². The van der Waals surface area contributed by atoms with Crippen LogP contribution in [-0.4, -0.2) is 23.4 Å². The first-order valence-electron chi connectivity index (χ1n) is 8.74. The van der Waals surface area contributed by atoms with Crippen molar-refractivity contribution in [1.82, 2.24) is 4.57 Å². The number of hydrogen-bond donors (Lipinski definition) is 1. The Labute approximate surface area is 172 Å². The molecule has 0 bridgehead atoms. The molecule has 150 valence electrons. The van der Waals surface area contributed by atoms with Crippen molar-refractivity contribution in [3.05, 3.63) is 94.9 Å². The fourth-order valence-electron chi connectivity index (χ4n) is 2.61. The second-order valence-corrected chi connectivity index (χ2v) is 7.22. The Morgan fingerprint density at radius 3 is 2.55 bits per heavy atom. The summed E-state index contributed by atoms with van der Waals surface area (Å²) in [5, 5.41) is 9.18. The summed E-state index contributed by atoms with van der Waals surface area (Å²) in [5.41, 5.74) is 1.32. The third kappa shape index (κ3) is 5.42. The molecule has 0 atom stereocenters. The Morgan fingerprint density at radius 1 is 1.14 bits per heavy atom. The third-order valence-electron chi connectivity index (χ3n) is 4.02. The zero-order valence-electron chi connectivity index (χ0n) is 15.8. The van der Waals surface area contributed by atoms with Gasteiger partial charge in [-0.25, -0.2) is 4.39 Å². The summed E-state index contributed by atoms with van der Waals surface area (Å²) in [5.74, 6) is 1.10. The predicted octanol–water partition coefficient (Wildman–Crippen LogP) is 4.73. The SMILES string of the molecule is C=C(O)COc1ccc(-n2ccc(CSc3ccc(F)cc3)cc2=O)cc1OC. The van der Waals surface area contributed by atoms with Crippen molar-refractivity contribution in [2.75, 3.05) is 13.7 Å². The molecular formula is C22H20FNO4S. The Balaban J connectivity index is 1.76. The van der Waals surface area contributed by atoms with Gasteiger partial charge in [-0.15, -0.1) is 11.8 Å². The molecule has 0 saturated heterocycles. The Hall–Kier alpha value is -3.19. The van der Waals surface area contributed by atoms with E-state index in [-0.39, 0.29) is 23.7 Å². The number of thioether (sulfide) groups is 1. The molecule has 1 aromatic heterocycles. The highest BCUT2D eigenvalue weighted by molar-refractivity contribution is 7.98. The van der Waals surface area contributed by atoms with E-state index in [1.165, 1.54) is 35.6 Å². The summed E-state index contributed by atoms with van der Waals surface area (Å²) in [4.78, 5) is 13.5. The van der Waals surface area contributed by atoms with Crippen molar-refractivity contribution in [3.8, 4) is 17.2 Å². The minimum atomic E-state index is -0.273. The number of aliphatic hydroxyl groups is 1. The normalized spacial score (nSPS) is 10.6. The predicted molar refractivity (Wildman–Crippen MR) is 112 cm³/mol. The van der Waals surface area contributed by atoms with E-state index in [0.29, 0.717) is 22.9 Å². The molecule has 0 spiro atoms. The summed E-state index contributed by atoms with van der Waals surface area (Å²) >= 11 is 1.53. The van der Waals surface area contributed by atoms with Crippen molar-refractivity contribution < 1.29 is 19.0 Å². The maximum absolute atomic E-state index is 13.0. The number of pyridine rings is 1. The van der Waals surface area contributed by atoms with Crippen molar-refractivity contribution in [1.29, 1.82) is 0 Å². The molecule has 0 fully saturated rings. The quantitative estimate of drug-likeness (QED) is 0.427. The molecule has 1 heterocycles. The lowest BCUT2D eigenvalue weighted by Gasteiger charge is -2.13. The van der Waals surface area contributed by atoms with Gasteiger partial charge >= 0.3 is 0 Å². The van der Waals surface area contributed by atoms with E-state index in [4.69, 9.17) is 9.47 Å². The second kappa shape index (κ2) is 9.34. The fourth-order valence-corrected chi connectivity index (χ4v) is 3.45. The number of hydrogen-bond acceptors (Lipinski definition) is 5. The van der Waals surface area contributed by atoms with Crippen LogP contribution < -0.4 is 15.0 Å². The van der Waals surface area contributed by atoms with Crippen LogP contribution in [0.15, 0.2) is 82.8 Å². The summed E-state index contributed by atoms with van der Waals surface area (Å²) in [6.45, 7) is 3.33. The molecule has 2 aromatic carbocycles. The first kappa shape index (κ1) is 20.5. The lowest BCUT2D eigenvalue weighted by molar-refractivity contribution is 0.261. The van der Waals surface area contributed by atoms with E-state index >= 15 is 0 Å². The molecule has 1 N–H and O–H groups in total. The zero-order chi connectivity index (χ0) is 20.8. The minimum Gasteiger partial charge on any atom is -0.509 e. The Morgan fingerprint density at radius 2 is 1.90 bits per heavy atom. The van der Waals surface area contributed by atoms with Crippen molar-refractivity contribution in [2.24, 2.45) is 0 Å². The number of ether oxygens (including phenoxy) is 2. The molecule has 0 aliphatic rings. The van der Waals surface area contributed by atoms with E-state index < -0.39 is 0 Å². The van der Waals surface area contributed by atoms with Crippen LogP contribution in [0.1, 0.15) is 5.56 Å². The van der Waals surface area contributed by atoms with E-state index in [1.807, 2.05) is 6.07 Å².